The summed E-state index contributed by atoms with van der Waals surface area (Å²) in [7, 11) is -0.352. The molecular weight excluding hydrogens is 339 g/mol. The van der Waals surface area contributed by atoms with Gasteiger partial charge in [0.15, 0.2) is 0 Å². The van der Waals surface area contributed by atoms with Crippen LogP contribution in [0.25, 0.3) is 0 Å². The second-order valence-electron chi connectivity index (χ2n) is 4.88. The standard InChI is InChI=1S/C19H16BrP/c20-17-13-11-16(12-14-17)15-21(18-7-3-1-4-8-18)19-9-5-2-6-10-19/h1-14H,15H2. The molecule has 0 aliphatic rings. The Kier molecular flexibility index (Phi) is 4.85. The van der Waals surface area contributed by atoms with Crippen LogP contribution in [0.15, 0.2) is 89.4 Å². The molecule has 3 aromatic carbocycles. The van der Waals surface area contributed by atoms with Gasteiger partial charge in [0.2, 0.25) is 0 Å². The first-order valence-electron chi connectivity index (χ1n) is 6.95. The summed E-state index contributed by atoms with van der Waals surface area (Å²) >= 11 is 3.51. The summed E-state index contributed by atoms with van der Waals surface area (Å²) in [5.41, 5.74) is 1.39. The minimum Gasteiger partial charge on any atom is -0.0622 e. The van der Waals surface area contributed by atoms with Crippen molar-refractivity contribution in [3.8, 4) is 0 Å². The number of rotatable bonds is 4. The van der Waals surface area contributed by atoms with Crippen molar-refractivity contribution in [3.63, 3.8) is 0 Å². The molecule has 0 saturated carbocycles. The quantitative estimate of drug-likeness (QED) is 0.573. The minimum absolute atomic E-state index is 0.352. The lowest BCUT2D eigenvalue weighted by Gasteiger charge is -2.19. The highest BCUT2D eigenvalue weighted by molar-refractivity contribution is 9.10. The molecule has 0 aliphatic carbocycles. The molecule has 0 atom stereocenters. The third-order valence-corrected chi connectivity index (χ3v) is 6.44. The van der Waals surface area contributed by atoms with Gasteiger partial charge in [-0.1, -0.05) is 88.7 Å². The van der Waals surface area contributed by atoms with E-state index in [-0.39, 0.29) is 7.92 Å². The third-order valence-electron chi connectivity index (χ3n) is 3.39. The Morgan fingerprint density at radius 1 is 0.619 bits per heavy atom. The summed E-state index contributed by atoms with van der Waals surface area (Å²) in [5.74, 6) is 0. The molecule has 2 heteroatoms. The molecule has 0 aliphatic heterocycles. The molecule has 0 saturated heterocycles. The van der Waals surface area contributed by atoms with Gasteiger partial charge >= 0.3 is 0 Å². The van der Waals surface area contributed by atoms with Crippen molar-refractivity contribution in [1.29, 1.82) is 0 Å². The van der Waals surface area contributed by atoms with Gasteiger partial charge in [0.1, 0.15) is 0 Å². The summed E-state index contributed by atoms with van der Waals surface area (Å²) in [4.78, 5) is 0. The van der Waals surface area contributed by atoms with Crippen LogP contribution in [0.1, 0.15) is 5.56 Å². The van der Waals surface area contributed by atoms with Gasteiger partial charge in [-0.2, -0.15) is 0 Å². The Hall–Kier alpha value is -1.43. The molecule has 0 fully saturated rings. The van der Waals surface area contributed by atoms with E-state index >= 15 is 0 Å². The Morgan fingerprint density at radius 3 is 1.57 bits per heavy atom. The van der Waals surface area contributed by atoms with Gasteiger partial charge in [0.25, 0.3) is 0 Å². The zero-order valence-electron chi connectivity index (χ0n) is 11.6. The van der Waals surface area contributed by atoms with E-state index in [1.54, 1.807) is 0 Å². The lowest BCUT2D eigenvalue weighted by atomic mass is 10.2. The van der Waals surface area contributed by atoms with Crippen LogP contribution in [0.2, 0.25) is 0 Å². The Morgan fingerprint density at radius 2 is 1.10 bits per heavy atom. The predicted molar refractivity (Wildman–Crippen MR) is 96.9 cm³/mol. The second kappa shape index (κ2) is 7.02. The molecule has 104 valence electrons. The smallest absolute Gasteiger partial charge is 0.0175 e. The summed E-state index contributed by atoms with van der Waals surface area (Å²) in [6.45, 7) is 0. The van der Waals surface area contributed by atoms with E-state index in [2.05, 4.69) is 101 Å². The van der Waals surface area contributed by atoms with Crippen LogP contribution in [0.3, 0.4) is 0 Å². The van der Waals surface area contributed by atoms with E-state index in [4.69, 9.17) is 0 Å². The molecule has 0 nitrogen and oxygen atoms in total. The van der Waals surface area contributed by atoms with Crippen molar-refractivity contribution in [2.45, 2.75) is 6.16 Å². The summed E-state index contributed by atoms with van der Waals surface area (Å²) < 4.78 is 1.13. The number of halogens is 1. The fraction of sp³-hybridized carbons (Fsp3) is 0.0526. The molecule has 0 spiro atoms. The van der Waals surface area contributed by atoms with Crippen molar-refractivity contribution in [1.82, 2.24) is 0 Å². The normalized spacial score (nSPS) is 10.8. The Labute approximate surface area is 135 Å². The van der Waals surface area contributed by atoms with Crippen LogP contribution >= 0.6 is 23.9 Å². The van der Waals surface area contributed by atoms with Crippen LogP contribution in [0, 0.1) is 0 Å². The molecule has 0 radical (unpaired) electrons. The fourth-order valence-corrected chi connectivity index (χ4v) is 4.89. The largest absolute Gasteiger partial charge is 0.0622 e. The zero-order chi connectivity index (χ0) is 14.5. The fourth-order valence-electron chi connectivity index (χ4n) is 2.32. The minimum atomic E-state index is -0.352. The van der Waals surface area contributed by atoms with Crippen LogP contribution in [0.4, 0.5) is 0 Å². The topological polar surface area (TPSA) is 0 Å². The van der Waals surface area contributed by atoms with Gasteiger partial charge in [-0.25, -0.2) is 0 Å². The van der Waals surface area contributed by atoms with E-state index in [1.165, 1.54) is 16.2 Å². The van der Waals surface area contributed by atoms with Crippen LogP contribution in [-0.2, 0) is 6.16 Å². The Bertz CT molecular complexity index is 638. The molecule has 0 bridgehead atoms. The first-order valence-corrected chi connectivity index (χ1v) is 9.27. The van der Waals surface area contributed by atoms with Gasteiger partial charge in [-0.15, -0.1) is 0 Å². The van der Waals surface area contributed by atoms with Gasteiger partial charge < -0.3 is 0 Å². The number of benzene rings is 3. The molecule has 0 heterocycles. The van der Waals surface area contributed by atoms with Gasteiger partial charge in [0, 0.05) is 10.6 Å². The van der Waals surface area contributed by atoms with E-state index < -0.39 is 0 Å². The van der Waals surface area contributed by atoms with E-state index in [1.807, 2.05) is 0 Å². The first kappa shape index (κ1) is 14.5. The van der Waals surface area contributed by atoms with Crippen LogP contribution < -0.4 is 10.6 Å². The number of hydrogen-bond acceptors (Lipinski definition) is 0. The van der Waals surface area contributed by atoms with Gasteiger partial charge in [-0.3, -0.25) is 0 Å². The first-order chi connectivity index (χ1) is 10.3. The predicted octanol–water partition coefficient (Wildman–Crippen LogP) is 5.08. The van der Waals surface area contributed by atoms with E-state index in [0.29, 0.717) is 0 Å². The molecule has 0 amide bonds. The summed E-state index contributed by atoms with van der Waals surface area (Å²) in [6.07, 6.45) is 1.08. The molecule has 3 aromatic rings. The average Bonchev–Trinajstić information content (AvgIpc) is 2.56. The lowest BCUT2D eigenvalue weighted by Crippen LogP contribution is -2.12. The maximum atomic E-state index is 3.51. The summed E-state index contributed by atoms with van der Waals surface area (Å²) in [6, 6.07) is 30.4. The van der Waals surface area contributed by atoms with E-state index in [9.17, 15) is 0 Å². The SMILES string of the molecule is Brc1ccc(CP(c2ccccc2)c2ccccc2)cc1. The van der Waals surface area contributed by atoms with Crippen molar-refractivity contribution in [2.24, 2.45) is 0 Å². The summed E-state index contributed by atoms with van der Waals surface area (Å²) in [5, 5.41) is 2.86. The second-order valence-corrected chi connectivity index (χ2v) is 8.00. The monoisotopic (exact) mass is 354 g/mol. The van der Waals surface area contributed by atoms with E-state index in [0.717, 1.165) is 10.6 Å². The highest BCUT2D eigenvalue weighted by atomic mass is 79.9. The van der Waals surface area contributed by atoms with Crippen LogP contribution in [-0.4, -0.2) is 0 Å². The van der Waals surface area contributed by atoms with Crippen molar-refractivity contribution in [3.05, 3.63) is 95.0 Å². The van der Waals surface area contributed by atoms with Gasteiger partial charge in [0.05, 0.1) is 0 Å². The highest BCUT2D eigenvalue weighted by Gasteiger charge is 2.13. The van der Waals surface area contributed by atoms with Crippen LogP contribution in [0.5, 0.6) is 0 Å². The average molecular weight is 355 g/mol. The lowest BCUT2D eigenvalue weighted by molar-refractivity contribution is 1.39. The molecule has 3 rings (SSSR count). The molecule has 0 unspecified atom stereocenters. The molecule has 0 aromatic heterocycles. The maximum Gasteiger partial charge on any atom is 0.0175 e. The van der Waals surface area contributed by atoms with Crippen molar-refractivity contribution in [2.75, 3.05) is 0 Å². The maximum absolute atomic E-state index is 3.51. The Balaban J connectivity index is 1.95. The molecular formula is C19H16BrP. The van der Waals surface area contributed by atoms with Gasteiger partial charge in [-0.05, 0) is 36.2 Å². The zero-order valence-corrected chi connectivity index (χ0v) is 14.1. The number of hydrogen-bond donors (Lipinski definition) is 0. The van der Waals surface area contributed by atoms with Crippen molar-refractivity contribution >= 4 is 34.5 Å². The van der Waals surface area contributed by atoms with Crippen molar-refractivity contribution < 1.29 is 0 Å². The highest BCUT2D eigenvalue weighted by Crippen LogP contribution is 2.37. The molecule has 21 heavy (non-hydrogen) atoms. The third kappa shape index (κ3) is 3.81. The molecule has 0 N–H and O–H groups in total.